The van der Waals surface area contributed by atoms with Crippen molar-refractivity contribution in [3.63, 3.8) is 0 Å². The largest absolute Gasteiger partial charge is 0.338 e. The van der Waals surface area contributed by atoms with Gasteiger partial charge in [0.25, 0.3) is 5.91 Å². The maximum absolute atomic E-state index is 12.8. The average molecular weight is 371 g/mol. The van der Waals surface area contributed by atoms with Crippen LogP contribution in [-0.2, 0) is 6.54 Å². The lowest BCUT2D eigenvalue weighted by atomic mass is 10.1. The van der Waals surface area contributed by atoms with Gasteiger partial charge in [-0.2, -0.15) is 5.26 Å². The Morgan fingerprint density at radius 2 is 2.07 bits per heavy atom. The van der Waals surface area contributed by atoms with Crippen LogP contribution in [0, 0.1) is 24.2 Å². The van der Waals surface area contributed by atoms with E-state index in [4.69, 9.17) is 5.26 Å². The van der Waals surface area contributed by atoms with Crippen LogP contribution in [0.5, 0.6) is 0 Å². The summed E-state index contributed by atoms with van der Waals surface area (Å²) in [5.74, 6) is 1.33. The highest BCUT2D eigenvalue weighted by atomic mass is 16.2. The molecular weight excluding hydrogens is 350 g/mol. The predicted molar refractivity (Wildman–Crippen MR) is 105 cm³/mol. The average Bonchev–Trinajstić information content (AvgIpc) is 3.36. The van der Waals surface area contributed by atoms with E-state index < -0.39 is 0 Å². The summed E-state index contributed by atoms with van der Waals surface area (Å²) in [6.45, 7) is 4.36. The molecule has 0 bridgehead atoms. The number of aryl methyl sites for hydroxylation is 1. The van der Waals surface area contributed by atoms with Crippen molar-refractivity contribution in [2.45, 2.75) is 19.9 Å². The molecule has 3 aromatic rings. The van der Waals surface area contributed by atoms with Gasteiger partial charge in [-0.25, -0.2) is 4.98 Å². The molecule has 1 saturated heterocycles. The van der Waals surface area contributed by atoms with Crippen LogP contribution in [0.2, 0.25) is 0 Å². The molecule has 4 rings (SSSR count). The van der Waals surface area contributed by atoms with Gasteiger partial charge in [0.2, 0.25) is 0 Å². The molecule has 0 saturated carbocycles. The molecule has 0 aliphatic carbocycles. The minimum absolute atomic E-state index is 0.0295. The number of nitrogens with zero attached hydrogens (tertiary/aromatic N) is 5. The van der Waals surface area contributed by atoms with Gasteiger partial charge in [0.15, 0.2) is 0 Å². The van der Waals surface area contributed by atoms with Crippen molar-refractivity contribution in [1.29, 1.82) is 5.26 Å². The Morgan fingerprint density at radius 1 is 1.25 bits per heavy atom. The quantitative estimate of drug-likeness (QED) is 0.705. The van der Waals surface area contributed by atoms with E-state index in [1.165, 1.54) is 0 Å². The number of imidazole rings is 1. The first-order chi connectivity index (χ1) is 13.7. The Morgan fingerprint density at radius 3 is 2.79 bits per heavy atom. The van der Waals surface area contributed by atoms with Gasteiger partial charge >= 0.3 is 0 Å². The molecule has 1 unspecified atom stereocenters. The van der Waals surface area contributed by atoms with E-state index in [1.54, 1.807) is 30.5 Å². The highest BCUT2D eigenvalue weighted by Crippen LogP contribution is 2.25. The summed E-state index contributed by atoms with van der Waals surface area (Å²) in [7, 11) is 0. The van der Waals surface area contributed by atoms with Crippen molar-refractivity contribution in [3.8, 4) is 17.5 Å². The number of carbonyl (C=O) groups excluding carboxylic acids is 1. The van der Waals surface area contributed by atoms with E-state index in [-0.39, 0.29) is 5.91 Å². The third-order valence-corrected chi connectivity index (χ3v) is 5.25. The number of hydrogen-bond donors (Lipinski definition) is 0. The molecular formula is C22H21N5O. The second kappa shape index (κ2) is 7.65. The third kappa shape index (κ3) is 3.52. The van der Waals surface area contributed by atoms with Crippen LogP contribution < -0.4 is 0 Å². The number of aromatic nitrogens is 3. The summed E-state index contributed by atoms with van der Waals surface area (Å²) < 4.78 is 2.22. The monoisotopic (exact) mass is 371 g/mol. The Labute approximate surface area is 164 Å². The van der Waals surface area contributed by atoms with Gasteiger partial charge in [0, 0.05) is 55.0 Å². The lowest BCUT2D eigenvalue weighted by molar-refractivity contribution is 0.0786. The molecule has 0 spiro atoms. The second-order valence-electron chi connectivity index (χ2n) is 7.17. The number of nitriles is 1. The van der Waals surface area contributed by atoms with Crippen molar-refractivity contribution < 1.29 is 4.79 Å². The van der Waals surface area contributed by atoms with E-state index >= 15 is 0 Å². The van der Waals surface area contributed by atoms with Crippen LogP contribution >= 0.6 is 0 Å². The van der Waals surface area contributed by atoms with Gasteiger partial charge < -0.3 is 9.47 Å². The van der Waals surface area contributed by atoms with Gasteiger partial charge in [0.1, 0.15) is 5.82 Å². The first-order valence-electron chi connectivity index (χ1n) is 9.37. The summed E-state index contributed by atoms with van der Waals surface area (Å²) in [6.07, 6.45) is 6.43. The van der Waals surface area contributed by atoms with Gasteiger partial charge in [-0.3, -0.25) is 9.78 Å². The SMILES string of the molecule is Cc1cnc(-c2cccnc2)n1CC1CCN(C(=O)c2ccc(C#N)cc2)C1. The Kier molecular flexibility index (Phi) is 4.90. The van der Waals surface area contributed by atoms with E-state index in [0.29, 0.717) is 17.0 Å². The van der Waals surface area contributed by atoms with Crippen LogP contribution in [0.3, 0.4) is 0 Å². The molecule has 140 valence electrons. The number of hydrogen-bond acceptors (Lipinski definition) is 4. The van der Waals surface area contributed by atoms with Gasteiger partial charge in [-0.1, -0.05) is 0 Å². The number of carbonyl (C=O) groups is 1. The number of amides is 1. The minimum atomic E-state index is 0.0295. The number of benzene rings is 1. The molecule has 28 heavy (non-hydrogen) atoms. The molecule has 3 heterocycles. The first-order valence-corrected chi connectivity index (χ1v) is 9.37. The maximum Gasteiger partial charge on any atom is 0.253 e. The van der Waals surface area contributed by atoms with Gasteiger partial charge in [0.05, 0.1) is 11.6 Å². The fourth-order valence-electron chi connectivity index (χ4n) is 3.71. The van der Waals surface area contributed by atoms with Crippen molar-refractivity contribution in [3.05, 3.63) is 71.8 Å². The van der Waals surface area contributed by atoms with Crippen molar-refractivity contribution in [2.75, 3.05) is 13.1 Å². The zero-order valence-corrected chi connectivity index (χ0v) is 15.7. The highest BCUT2D eigenvalue weighted by Gasteiger charge is 2.28. The Hall–Kier alpha value is -3.46. The molecule has 0 N–H and O–H groups in total. The number of rotatable bonds is 4. The molecule has 6 nitrogen and oxygen atoms in total. The van der Waals surface area contributed by atoms with E-state index in [9.17, 15) is 4.79 Å². The van der Waals surface area contributed by atoms with E-state index in [1.807, 2.05) is 29.4 Å². The van der Waals surface area contributed by atoms with Crippen LogP contribution in [-0.4, -0.2) is 38.4 Å². The highest BCUT2D eigenvalue weighted by molar-refractivity contribution is 5.94. The fraction of sp³-hybridized carbons (Fsp3) is 0.273. The summed E-state index contributed by atoms with van der Waals surface area (Å²) in [4.78, 5) is 23.4. The summed E-state index contributed by atoms with van der Waals surface area (Å²) in [5, 5.41) is 8.91. The molecule has 0 radical (unpaired) electrons. The lowest BCUT2D eigenvalue weighted by Gasteiger charge is -2.18. The summed E-state index contributed by atoms with van der Waals surface area (Å²) in [6, 6.07) is 12.9. The molecule has 1 amide bonds. The van der Waals surface area contributed by atoms with Crippen LogP contribution in [0.25, 0.3) is 11.4 Å². The Bertz CT molecular complexity index is 1020. The van der Waals surface area contributed by atoms with Crippen LogP contribution in [0.1, 0.15) is 28.0 Å². The molecule has 6 heteroatoms. The number of likely N-dealkylation sites (tertiary alicyclic amines) is 1. The molecule has 1 aromatic carbocycles. The topological polar surface area (TPSA) is 74.8 Å². The second-order valence-corrected chi connectivity index (χ2v) is 7.17. The van der Waals surface area contributed by atoms with Crippen molar-refractivity contribution in [2.24, 2.45) is 5.92 Å². The normalized spacial score (nSPS) is 16.1. The molecule has 1 atom stereocenters. The number of pyridine rings is 1. The summed E-state index contributed by atoms with van der Waals surface area (Å²) >= 11 is 0. The zero-order valence-electron chi connectivity index (χ0n) is 15.7. The smallest absolute Gasteiger partial charge is 0.253 e. The molecule has 1 aliphatic heterocycles. The fourth-order valence-corrected chi connectivity index (χ4v) is 3.71. The van der Waals surface area contributed by atoms with Gasteiger partial charge in [-0.05, 0) is 55.7 Å². The standard InChI is InChI=1S/C22H21N5O/c1-16-12-25-21(20-3-2-9-24-13-20)27(16)15-18-8-10-26(14-18)22(28)19-6-4-17(11-23)5-7-19/h2-7,9,12-13,18H,8,10,14-15H2,1H3. The molecule has 1 fully saturated rings. The first kappa shape index (κ1) is 17.9. The van der Waals surface area contributed by atoms with E-state index in [0.717, 1.165) is 43.1 Å². The van der Waals surface area contributed by atoms with Crippen LogP contribution in [0.15, 0.2) is 55.0 Å². The van der Waals surface area contributed by atoms with Crippen LogP contribution in [0.4, 0.5) is 0 Å². The molecule has 1 aliphatic rings. The van der Waals surface area contributed by atoms with Gasteiger partial charge in [-0.15, -0.1) is 0 Å². The Balaban J connectivity index is 1.46. The summed E-state index contributed by atoms with van der Waals surface area (Å²) in [5.41, 5.74) is 3.30. The van der Waals surface area contributed by atoms with E-state index in [2.05, 4.69) is 27.5 Å². The zero-order chi connectivity index (χ0) is 19.5. The third-order valence-electron chi connectivity index (χ3n) is 5.25. The van der Waals surface area contributed by atoms with Crippen molar-refractivity contribution >= 4 is 5.91 Å². The lowest BCUT2D eigenvalue weighted by Crippen LogP contribution is -2.29. The predicted octanol–water partition coefficient (Wildman–Crippen LogP) is 3.29. The van der Waals surface area contributed by atoms with Crippen molar-refractivity contribution in [1.82, 2.24) is 19.4 Å². The maximum atomic E-state index is 12.8. The minimum Gasteiger partial charge on any atom is -0.338 e. The molecule has 2 aromatic heterocycles.